The molecular formula is C22H23N3O5S. The SMILES string of the molecule is Cc1cccc(S(=O)(=O)N2C[C@H](CCC(=O)O)Oc3ccc(-c4cncn4C)cc32)c1. The monoisotopic (exact) mass is 441 g/mol. The highest BCUT2D eigenvalue weighted by atomic mass is 32.2. The van der Waals surface area contributed by atoms with Crippen LogP contribution in [0.4, 0.5) is 5.69 Å². The molecule has 0 spiro atoms. The molecule has 0 saturated heterocycles. The summed E-state index contributed by atoms with van der Waals surface area (Å²) in [6.07, 6.45) is 2.92. The molecule has 4 rings (SSSR count). The lowest BCUT2D eigenvalue weighted by Gasteiger charge is -2.35. The van der Waals surface area contributed by atoms with E-state index in [2.05, 4.69) is 4.98 Å². The molecule has 3 aromatic rings. The molecule has 1 aromatic heterocycles. The van der Waals surface area contributed by atoms with Crippen LogP contribution in [0, 0.1) is 6.92 Å². The lowest BCUT2D eigenvalue weighted by molar-refractivity contribution is -0.137. The molecule has 1 aliphatic heterocycles. The largest absolute Gasteiger partial charge is 0.486 e. The van der Waals surface area contributed by atoms with Crippen LogP contribution in [-0.4, -0.2) is 41.7 Å². The first-order valence-corrected chi connectivity index (χ1v) is 11.3. The fourth-order valence-electron chi connectivity index (χ4n) is 3.67. The Bertz CT molecular complexity index is 1240. The maximum atomic E-state index is 13.6. The molecule has 1 N–H and O–H groups in total. The highest BCUT2D eigenvalue weighted by Gasteiger charge is 2.35. The van der Waals surface area contributed by atoms with Crippen LogP contribution < -0.4 is 9.04 Å². The van der Waals surface area contributed by atoms with Gasteiger partial charge in [0.25, 0.3) is 10.0 Å². The van der Waals surface area contributed by atoms with Gasteiger partial charge in [0, 0.05) is 19.0 Å². The Labute approximate surface area is 180 Å². The number of benzene rings is 2. The number of nitrogens with zero attached hydrogens (tertiary/aromatic N) is 3. The number of ether oxygens (including phenoxy) is 1. The van der Waals surface area contributed by atoms with Crippen molar-refractivity contribution in [3.63, 3.8) is 0 Å². The summed E-state index contributed by atoms with van der Waals surface area (Å²) in [6, 6.07) is 12.1. The van der Waals surface area contributed by atoms with Gasteiger partial charge in [0.1, 0.15) is 11.9 Å². The van der Waals surface area contributed by atoms with Gasteiger partial charge in [-0.2, -0.15) is 0 Å². The minimum atomic E-state index is -3.88. The van der Waals surface area contributed by atoms with Crippen LogP contribution in [0.25, 0.3) is 11.3 Å². The van der Waals surface area contributed by atoms with Gasteiger partial charge in [-0.3, -0.25) is 9.10 Å². The number of aromatic nitrogens is 2. The van der Waals surface area contributed by atoms with Gasteiger partial charge in [-0.1, -0.05) is 12.1 Å². The van der Waals surface area contributed by atoms with Crippen molar-refractivity contribution in [1.29, 1.82) is 0 Å². The third-order valence-electron chi connectivity index (χ3n) is 5.26. The van der Waals surface area contributed by atoms with E-state index in [1.54, 1.807) is 42.9 Å². The first-order valence-electron chi connectivity index (χ1n) is 9.84. The molecule has 0 amide bonds. The Kier molecular flexibility index (Phi) is 5.45. The van der Waals surface area contributed by atoms with Crippen molar-refractivity contribution in [1.82, 2.24) is 9.55 Å². The predicted molar refractivity (Wildman–Crippen MR) is 116 cm³/mol. The van der Waals surface area contributed by atoms with Crippen molar-refractivity contribution in [2.45, 2.75) is 30.8 Å². The summed E-state index contributed by atoms with van der Waals surface area (Å²) in [5.74, 6) is -0.544. The van der Waals surface area contributed by atoms with E-state index >= 15 is 0 Å². The fraction of sp³-hybridized carbons (Fsp3) is 0.273. The first-order chi connectivity index (χ1) is 14.8. The number of aliphatic carboxylic acids is 1. The molecule has 8 nitrogen and oxygen atoms in total. The molecule has 1 aliphatic rings. The number of imidazole rings is 1. The van der Waals surface area contributed by atoms with Crippen molar-refractivity contribution in [3.8, 4) is 17.0 Å². The van der Waals surface area contributed by atoms with Crippen molar-refractivity contribution in [2.24, 2.45) is 7.05 Å². The van der Waals surface area contributed by atoms with Crippen LogP contribution >= 0.6 is 0 Å². The number of sulfonamides is 1. The number of aryl methyl sites for hydroxylation is 2. The summed E-state index contributed by atoms with van der Waals surface area (Å²) < 4.78 is 36.3. The van der Waals surface area contributed by atoms with Crippen LogP contribution in [0.2, 0.25) is 0 Å². The second kappa shape index (κ2) is 8.07. The van der Waals surface area contributed by atoms with Gasteiger partial charge in [0.05, 0.1) is 35.3 Å². The molecule has 0 saturated carbocycles. The fourth-order valence-corrected chi connectivity index (χ4v) is 5.28. The summed E-state index contributed by atoms with van der Waals surface area (Å²) >= 11 is 0. The van der Waals surface area contributed by atoms with Crippen molar-refractivity contribution < 1.29 is 23.1 Å². The topological polar surface area (TPSA) is 102 Å². The molecule has 0 fully saturated rings. The van der Waals surface area contributed by atoms with Crippen LogP contribution in [-0.2, 0) is 21.9 Å². The third kappa shape index (κ3) is 4.13. The molecule has 31 heavy (non-hydrogen) atoms. The van der Waals surface area contributed by atoms with Gasteiger partial charge in [-0.05, 0) is 49.2 Å². The number of anilines is 1. The molecule has 0 aliphatic carbocycles. The van der Waals surface area contributed by atoms with Crippen LogP contribution in [0.5, 0.6) is 5.75 Å². The Hall–Kier alpha value is -3.33. The van der Waals surface area contributed by atoms with E-state index in [1.165, 1.54) is 4.31 Å². The number of hydrogen-bond acceptors (Lipinski definition) is 5. The quantitative estimate of drug-likeness (QED) is 0.630. The lowest BCUT2D eigenvalue weighted by atomic mass is 10.1. The van der Waals surface area contributed by atoms with E-state index in [1.807, 2.05) is 30.7 Å². The van der Waals surface area contributed by atoms with E-state index in [0.717, 1.165) is 16.8 Å². The van der Waals surface area contributed by atoms with Crippen molar-refractivity contribution in [2.75, 3.05) is 10.8 Å². The summed E-state index contributed by atoms with van der Waals surface area (Å²) in [7, 11) is -2.02. The standard InChI is InChI=1S/C22H23N3O5S/c1-15-4-3-5-18(10-15)31(28,29)25-13-17(7-9-22(26)27)30-21-8-6-16(11-19(21)25)20-12-23-14-24(20)2/h3-6,8,10-12,14,17H,7,9,13H2,1-2H3,(H,26,27)/t17-/m0/s1. The van der Waals surface area contributed by atoms with Gasteiger partial charge in [-0.25, -0.2) is 13.4 Å². The van der Waals surface area contributed by atoms with Gasteiger partial charge in [0.2, 0.25) is 0 Å². The van der Waals surface area contributed by atoms with Gasteiger partial charge in [0.15, 0.2) is 0 Å². The van der Waals surface area contributed by atoms with Gasteiger partial charge < -0.3 is 14.4 Å². The molecule has 0 radical (unpaired) electrons. The van der Waals surface area contributed by atoms with E-state index < -0.39 is 22.1 Å². The molecule has 162 valence electrons. The van der Waals surface area contributed by atoms with Crippen LogP contribution in [0.3, 0.4) is 0 Å². The van der Waals surface area contributed by atoms with Crippen LogP contribution in [0.15, 0.2) is 59.9 Å². The average Bonchev–Trinajstić information content (AvgIpc) is 3.17. The summed E-state index contributed by atoms with van der Waals surface area (Å²) in [5.41, 5.74) is 2.90. The third-order valence-corrected chi connectivity index (χ3v) is 7.04. The normalized spacial score (nSPS) is 15.9. The average molecular weight is 442 g/mol. The molecule has 1 atom stereocenters. The molecule has 0 bridgehead atoms. The maximum Gasteiger partial charge on any atom is 0.303 e. The van der Waals surface area contributed by atoms with E-state index in [9.17, 15) is 13.2 Å². The van der Waals surface area contributed by atoms with Crippen molar-refractivity contribution >= 4 is 21.7 Å². The minimum absolute atomic E-state index is 0.0331. The number of fused-ring (bicyclic) bond motifs is 1. The highest BCUT2D eigenvalue weighted by molar-refractivity contribution is 7.92. The Morgan fingerprint density at radius 1 is 1.26 bits per heavy atom. The number of carboxylic acids is 1. The zero-order valence-corrected chi connectivity index (χ0v) is 18.0. The van der Waals surface area contributed by atoms with E-state index in [0.29, 0.717) is 11.4 Å². The number of rotatable bonds is 6. The zero-order chi connectivity index (χ0) is 22.2. The molecule has 2 heterocycles. The minimum Gasteiger partial charge on any atom is -0.486 e. The first kappa shape index (κ1) is 20.9. The maximum absolute atomic E-state index is 13.6. The van der Waals surface area contributed by atoms with E-state index in [4.69, 9.17) is 9.84 Å². The number of hydrogen-bond donors (Lipinski definition) is 1. The van der Waals surface area contributed by atoms with Crippen molar-refractivity contribution in [3.05, 3.63) is 60.6 Å². The Morgan fingerprint density at radius 2 is 2.06 bits per heavy atom. The molecule has 9 heteroatoms. The van der Waals surface area contributed by atoms with Gasteiger partial charge in [-0.15, -0.1) is 0 Å². The summed E-state index contributed by atoms with van der Waals surface area (Å²) in [6.45, 7) is 1.87. The summed E-state index contributed by atoms with van der Waals surface area (Å²) in [4.78, 5) is 15.4. The number of carbonyl (C=O) groups is 1. The molecule has 2 aromatic carbocycles. The summed E-state index contributed by atoms with van der Waals surface area (Å²) in [5, 5.41) is 9.05. The zero-order valence-electron chi connectivity index (χ0n) is 17.2. The smallest absolute Gasteiger partial charge is 0.303 e. The molecular weight excluding hydrogens is 418 g/mol. The number of carboxylic acid groups (broad SMARTS) is 1. The second-order valence-corrected chi connectivity index (χ2v) is 9.46. The van der Waals surface area contributed by atoms with Crippen LogP contribution in [0.1, 0.15) is 18.4 Å². The lowest BCUT2D eigenvalue weighted by Crippen LogP contribution is -2.43. The highest BCUT2D eigenvalue weighted by Crippen LogP contribution is 2.40. The predicted octanol–water partition coefficient (Wildman–Crippen LogP) is 3.22. The van der Waals surface area contributed by atoms with Gasteiger partial charge >= 0.3 is 5.97 Å². The Morgan fingerprint density at radius 3 is 2.74 bits per heavy atom. The second-order valence-electron chi connectivity index (χ2n) is 7.60. The Balaban J connectivity index is 1.80. The van der Waals surface area contributed by atoms with E-state index in [-0.39, 0.29) is 24.3 Å². The molecule has 0 unspecified atom stereocenters.